The summed E-state index contributed by atoms with van der Waals surface area (Å²) in [6.07, 6.45) is 0. The second kappa shape index (κ2) is 9.46. The van der Waals surface area contributed by atoms with Gasteiger partial charge in [-0.1, -0.05) is 12.1 Å². The molecule has 8 heteroatoms. The molecule has 8 nitrogen and oxygen atoms in total. The molecule has 0 unspecified atom stereocenters. The summed E-state index contributed by atoms with van der Waals surface area (Å²) in [4.78, 5) is 17.1. The van der Waals surface area contributed by atoms with Crippen LogP contribution in [0.15, 0.2) is 59.0 Å². The van der Waals surface area contributed by atoms with Crippen LogP contribution in [0.2, 0.25) is 0 Å². The number of amides is 1. The second-order valence-corrected chi connectivity index (χ2v) is 7.99. The lowest BCUT2D eigenvalue weighted by atomic mass is 10.1. The third-order valence-corrected chi connectivity index (χ3v) is 5.80. The molecule has 0 atom stereocenters. The van der Waals surface area contributed by atoms with Gasteiger partial charge in [0.1, 0.15) is 23.9 Å². The van der Waals surface area contributed by atoms with Crippen LogP contribution in [-0.4, -0.2) is 55.8 Å². The molecule has 1 fully saturated rings. The molecule has 33 heavy (non-hydrogen) atoms. The van der Waals surface area contributed by atoms with Crippen LogP contribution >= 0.6 is 0 Å². The number of carbonyl (C=O) groups is 1. The number of ether oxygens (including phenoxy) is 4. The van der Waals surface area contributed by atoms with Gasteiger partial charge in [-0.3, -0.25) is 9.69 Å². The number of benzene rings is 2. The van der Waals surface area contributed by atoms with Crippen LogP contribution < -0.4 is 18.9 Å². The van der Waals surface area contributed by atoms with Gasteiger partial charge in [-0.25, -0.2) is 0 Å². The van der Waals surface area contributed by atoms with Crippen molar-refractivity contribution in [3.05, 3.63) is 71.7 Å². The molecule has 3 heterocycles. The van der Waals surface area contributed by atoms with Crippen LogP contribution in [0, 0.1) is 0 Å². The first-order valence-electron chi connectivity index (χ1n) is 10.9. The van der Waals surface area contributed by atoms with Crippen LogP contribution in [0.25, 0.3) is 0 Å². The van der Waals surface area contributed by atoms with Crippen molar-refractivity contribution in [2.24, 2.45) is 0 Å². The fraction of sp³-hybridized carbons (Fsp3) is 0.320. The zero-order chi connectivity index (χ0) is 22.6. The van der Waals surface area contributed by atoms with Gasteiger partial charge in [-0.15, -0.1) is 0 Å². The van der Waals surface area contributed by atoms with Crippen molar-refractivity contribution in [3.8, 4) is 23.0 Å². The van der Waals surface area contributed by atoms with Crippen molar-refractivity contribution in [1.82, 2.24) is 9.80 Å². The maximum atomic E-state index is 12.9. The summed E-state index contributed by atoms with van der Waals surface area (Å²) in [6.45, 7) is 4.23. The maximum absolute atomic E-state index is 12.9. The Balaban J connectivity index is 1.11. The molecule has 172 valence electrons. The van der Waals surface area contributed by atoms with Crippen molar-refractivity contribution in [1.29, 1.82) is 0 Å². The number of nitrogens with zero attached hydrogens (tertiary/aromatic N) is 2. The Morgan fingerprint density at radius 3 is 2.61 bits per heavy atom. The summed E-state index contributed by atoms with van der Waals surface area (Å²) in [5.74, 6) is 3.83. The lowest BCUT2D eigenvalue weighted by molar-refractivity contribution is 0.0594. The van der Waals surface area contributed by atoms with Gasteiger partial charge in [0.2, 0.25) is 6.79 Å². The van der Waals surface area contributed by atoms with Gasteiger partial charge in [0.15, 0.2) is 17.3 Å². The van der Waals surface area contributed by atoms with Gasteiger partial charge in [-0.2, -0.15) is 0 Å². The van der Waals surface area contributed by atoms with Gasteiger partial charge in [0.25, 0.3) is 5.91 Å². The van der Waals surface area contributed by atoms with E-state index in [0.717, 1.165) is 36.9 Å². The van der Waals surface area contributed by atoms with Crippen LogP contribution in [0.1, 0.15) is 21.9 Å². The van der Waals surface area contributed by atoms with Crippen molar-refractivity contribution >= 4 is 5.91 Å². The Bertz CT molecular complexity index is 1120. The predicted molar refractivity (Wildman–Crippen MR) is 120 cm³/mol. The SMILES string of the molecule is COc1cccc(OCc2ccc(C(=O)N3CCN(Cc4ccc5c(c4)OCO5)CC3)o2)c1. The molecule has 5 rings (SSSR count). The Labute approximate surface area is 192 Å². The summed E-state index contributed by atoms with van der Waals surface area (Å²) >= 11 is 0. The number of rotatable bonds is 7. The molecule has 0 N–H and O–H groups in total. The number of fused-ring (bicyclic) bond motifs is 1. The standard InChI is InChI=1S/C25H26N2O6/c1-29-19-3-2-4-20(14-19)30-16-21-6-8-23(33-21)25(28)27-11-9-26(10-12-27)15-18-5-7-22-24(13-18)32-17-31-22/h2-8,13-14H,9-12,15-17H2,1H3. The largest absolute Gasteiger partial charge is 0.497 e. The molecule has 1 saturated heterocycles. The van der Waals surface area contributed by atoms with Crippen LogP contribution in [0.4, 0.5) is 0 Å². The minimum atomic E-state index is -0.0923. The number of carbonyl (C=O) groups excluding carboxylic acids is 1. The zero-order valence-electron chi connectivity index (χ0n) is 18.5. The minimum absolute atomic E-state index is 0.0923. The van der Waals surface area contributed by atoms with E-state index in [4.69, 9.17) is 23.4 Å². The summed E-state index contributed by atoms with van der Waals surface area (Å²) in [7, 11) is 1.61. The molecule has 3 aromatic rings. The molecule has 0 saturated carbocycles. The highest BCUT2D eigenvalue weighted by molar-refractivity contribution is 5.91. The topological polar surface area (TPSA) is 73.6 Å². The first-order chi connectivity index (χ1) is 16.2. The molecule has 2 aliphatic rings. The fourth-order valence-electron chi connectivity index (χ4n) is 3.98. The van der Waals surface area contributed by atoms with Crippen molar-refractivity contribution in [3.63, 3.8) is 0 Å². The Morgan fingerprint density at radius 1 is 0.939 bits per heavy atom. The van der Waals surface area contributed by atoms with E-state index in [1.54, 1.807) is 25.3 Å². The van der Waals surface area contributed by atoms with Gasteiger partial charge < -0.3 is 28.3 Å². The predicted octanol–water partition coefficient (Wildman–Crippen LogP) is 3.55. The smallest absolute Gasteiger partial charge is 0.289 e. The molecule has 0 aliphatic carbocycles. The van der Waals surface area contributed by atoms with E-state index in [-0.39, 0.29) is 19.3 Å². The normalized spacial score (nSPS) is 15.5. The van der Waals surface area contributed by atoms with Gasteiger partial charge in [-0.05, 0) is 42.0 Å². The maximum Gasteiger partial charge on any atom is 0.289 e. The number of hydrogen-bond donors (Lipinski definition) is 0. The lowest BCUT2D eigenvalue weighted by Crippen LogP contribution is -2.48. The van der Waals surface area contributed by atoms with E-state index in [2.05, 4.69) is 11.0 Å². The summed E-state index contributed by atoms with van der Waals surface area (Å²) < 4.78 is 27.5. The summed E-state index contributed by atoms with van der Waals surface area (Å²) in [5.41, 5.74) is 1.17. The molecular weight excluding hydrogens is 424 g/mol. The Kier molecular flexibility index (Phi) is 6.08. The quantitative estimate of drug-likeness (QED) is 0.545. The fourth-order valence-corrected chi connectivity index (χ4v) is 3.98. The van der Waals surface area contributed by atoms with E-state index < -0.39 is 0 Å². The first-order valence-corrected chi connectivity index (χ1v) is 10.9. The third kappa shape index (κ3) is 4.90. The second-order valence-electron chi connectivity index (χ2n) is 7.99. The molecule has 2 aromatic carbocycles. The highest BCUT2D eigenvalue weighted by Gasteiger charge is 2.25. The van der Waals surface area contributed by atoms with Gasteiger partial charge in [0, 0.05) is 38.8 Å². The van der Waals surface area contributed by atoms with E-state index >= 15 is 0 Å². The van der Waals surface area contributed by atoms with Crippen LogP contribution in [0.5, 0.6) is 23.0 Å². The Hall–Kier alpha value is -3.65. The van der Waals surface area contributed by atoms with Crippen LogP contribution in [0.3, 0.4) is 0 Å². The van der Waals surface area contributed by atoms with Crippen molar-refractivity contribution in [2.45, 2.75) is 13.2 Å². The van der Waals surface area contributed by atoms with Crippen LogP contribution in [-0.2, 0) is 13.2 Å². The average Bonchev–Trinajstić information content (AvgIpc) is 3.52. The van der Waals surface area contributed by atoms with Gasteiger partial charge >= 0.3 is 0 Å². The summed E-state index contributed by atoms with van der Waals surface area (Å²) in [6, 6.07) is 16.9. The number of furan rings is 1. The molecule has 1 aromatic heterocycles. The summed E-state index contributed by atoms with van der Waals surface area (Å²) in [5, 5.41) is 0. The molecule has 0 spiro atoms. The van der Waals surface area contributed by atoms with Crippen molar-refractivity contribution < 1.29 is 28.2 Å². The van der Waals surface area contributed by atoms with Gasteiger partial charge in [0.05, 0.1) is 7.11 Å². The average molecular weight is 450 g/mol. The third-order valence-electron chi connectivity index (χ3n) is 5.80. The molecular formula is C25H26N2O6. The number of hydrogen-bond acceptors (Lipinski definition) is 7. The molecule has 0 bridgehead atoms. The van der Waals surface area contributed by atoms with E-state index in [9.17, 15) is 4.79 Å². The van der Waals surface area contributed by atoms with E-state index in [0.29, 0.717) is 30.4 Å². The molecule has 0 radical (unpaired) electrons. The Morgan fingerprint density at radius 2 is 1.76 bits per heavy atom. The highest BCUT2D eigenvalue weighted by Crippen LogP contribution is 2.33. The number of piperazine rings is 1. The first kappa shape index (κ1) is 21.2. The highest BCUT2D eigenvalue weighted by atomic mass is 16.7. The van der Waals surface area contributed by atoms with E-state index in [1.807, 2.05) is 35.2 Å². The van der Waals surface area contributed by atoms with E-state index in [1.165, 1.54) is 5.56 Å². The van der Waals surface area contributed by atoms with Crippen molar-refractivity contribution in [2.75, 3.05) is 40.1 Å². The zero-order valence-corrected chi connectivity index (χ0v) is 18.5. The molecule has 1 amide bonds. The lowest BCUT2D eigenvalue weighted by Gasteiger charge is -2.34. The number of methoxy groups -OCH3 is 1. The monoisotopic (exact) mass is 450 g/mol. The molecule has 2 aliphatic heterocycles. The minimum Gasteiger partial charge on any atom is -0.497 e.